The summed E-state index contributed by atoms with van der Waals surface area (Å²) in [7, 11) is -2.64. The van der Waals surface area contributed by atoms with Gasteiger partial charge < -0.3 is 24.3 Å². The van der Waals surface area contributed by atoms with Crippen LogP contribution in [0.1, 0.15) is 41.3 Å². The van der Waals surface area contributed by atoms with E-state index < -0.39 is 19.5 Å². The zero-order valence-corrected chi connectivity index (χ0v) is 19.5. The molecule has 0 saturated heterocycles. The number of ether oxygens (including phenoxy) is 2. The number of hydrogen-bond donors (Lipinski definition) is 1. The summed E-state index contributed by atoms with van der Waals surface area (Å²) in [5, 5.41) is 10.1. The maximum absolute atomic E-state index is 14.1. The highest BCUT2D eigenvalue weighted by atomic mass is 31.2. The molecule has 0 fully saturated rings. The zero-order valence-electron chi connectivity index (χ0n) is 18.6. The normalized spacial score (nSPS) is 16.2. The van der Waals surface area contributed by atoms with Gasteiger partial charge in [0, 0.05) is 5.56 Å². The molecular formula is C24H25N2O6P. The number of rotatable bonds is 8. The molecule has 2 aromatic rings. The van der Waals surface area contributed by atoms with E-state index in [-0.39, 0.29) is 35.7 Å². The summed E-state index contributed by atoms with van der Waals surface area (Å²) < 4.78 is 36.1. The van der Waals surface area contributed by atoms with Crippen LogP contribution in [0.5, 0.6) is 0 Å². The third-order valence-corrected chi connectivity index (χ3v) is 7.23. The molecule has 1 unspecified atom stereocenters. The minimum atomic E-state index is -3.93. The molecule has 0 aromatic heterocycles. The zero-order chi connectivity index (χ0) is 24.0. The van der Waals surface area contributed by atoms with Gasteiger partial charge in [0.1, 0.15) is 17.4 Å². The molecular weight excluding hydrogens is 443 g/mol. The Morgan fingerprint density at radius 3 is 2.21 bits per heavy atom. The summed E-state index contributed by atoms with van der Waals surface area (Å²) in [4.78, 5) is 11.9. The molecule has 2 N–H and O–H groups in total. The van der Waals surface area contributed by atoms with Gasteiger partial charge in [-0.1, -0.05) is 42.5 Å². The summed E-state index contributed by atoms with van der Waals surface area (Å²) in [6.07, 6.45) is 0. The summed E-state index contributed by atoms with van der Waals surface area (Å²) in [5.74, 6) is -1.28. The van der Waals surface area contributed by atoms with Gasteiger partial charge in [0.2, 0.25) is 5.88 Å². The number of methoxy groups -OCH3 is 1. The van der Waals surface area contributed by atoms with Gasteiger partial charge in [-0.3, -0.25) is 4.57 Å². The van der Waals surface area contributed by atoms with Crippen LogP contribution >= 0.6 is 7.60 Å². The van der Waals surface area contributed by atoms with Crippen LogP contribution in [0.25, 0.3) is 5.76 Å². The molecule has 0 spiro atoms. The van der Waals surface area contributed by atoms with Crippen molar-refractivity contribution in [3.8, 4) is 6.07 Å². The second kappa shape index (κ2) is 10.5. The Balaban J connectivity index is 2.32. The van der Waals surface area contributed by atoms with Gasteiger partial charge in [0.25, 0.3) is 0 Å². The van der Waals surface area contributed by atoms with E-state index in [1.165, 1.54) is 7.11 Å². The predicted molar refractivity (Wildman–Crippen MR) is 123 cm³/mol. The summed E-state index contributed by atoms with van der Waals surface area (Å²) in [5.41, 5.74) is 7.71. The average molecular weight is 468 g/mol. The fourth-order valence-corrected chi connectivity index (χ4v) is 5.65. The number of carbonyl (C=O) groups is 1. The largest absolute Gasteiger partial charge is 0.465 e. The number of hydrogen-bond acceptors (Lipinski definition) is 8. The first-order valence-corrected chi connectivity index (χ1v) is 11.9. The lowest BCUT2D eigenvalue weighted by Gasteiger charge is -2.32. The van der Waals surface area contributed by atoms with Crippen LogP contribution < -0.4 is 5.73 Å². The van der Waals surface area contributed by atoms with Gasteiger partial charge in [-0.05, 0) is 31.5 Å². The average Bonchev–Trinajstić information content (AvgIpc) is 2.83. The lowest BCUT2D eigenvalue weighted by molar-refractivity contribution is 0.0600. The maximum atomic E-state index is 14.1. The summed E-state index contributed by atoms with van der Waals surface area (Å²) in [6.45, 7) is 3.62. The molecule has 8 nitrogen and oxygen atoms in total. The fraction of sp³-hybridized carbons (Fsp3) is 0.250. The highest BCUT2D eigenvalue weighted by molar-refractivity contribution is 7.58. The van der Waals surface area contributed by atoms with E-state index in [2.05, 4.69) is 6.07 Å². The number of nitrogens with zero attached hydrogens (tertiary/aromatic N) is 1. The minimum Gasteiger partial charge on any atom is -0.465 e. The second-order valence-electron chi connectivity index (χ2n) is 6.95. The van der Waals surface area contributed by atoms with E-state index in [1.807, 2.05) is 6.07 Å². The molecule has 9 heteroatoms. The van der Waals surface area contributed by atoms with Crippen LogP contribution in [-0.2, 0) is 23.1 Å². The first-order valence-electron chi connectivity index (χ1n) is 10.3. The van der Waals surface area contributed by atoms with Crippen LogP contribution in [0, 0.1) is 11.3 Å². The van der Waals surface area contributed by atoms with Crippen molar-refractivity contribution in [3.05, 3.63) is 88.1 Å². The lowest BCUT2D eigenvalue weighted by atomic mass is 9.88. The number of carbonyl (C=O) groups excluding carboxylic acids is 1. The van der Waals surface area contributed by atoms with Crippen molar-refractivity contribution in [1.82, 2.24) is 0 Å². The summed E-state index contributed by atoms with van der Waals surface area (Å²) >= 11 is 0. The molecule has 2 aromatic carbocycles. The molecule has 172 valence electrons. The smallest absolute Gasteiger partial charge is 0.362 e. The Morgan fingerprint density at radius 2 is 1.70 bits per heavy atom. The van der Waals surface area contributed by atoms with Gasteiger partial charge in [-0.15, -0.1) is 0 Å². The van der Waals surface area contributed by atoms with Crippen LogP contribution in [0.3, 0.4) is 0 Å². The topological polar surface area (TPSA) is 121 Å². The van der Waals surface area contributed by atoms with E-state index in [1.54, 1.807) is 62.4 Å². The Kier molecular flexibility index (Phi) is 7.72. The lowest BCUT2D eigenvalue weighted by Crippen LogP contribution is -2.22. The quantitative estimate of drug-likeness (QED) is 0.428. The molecule has 0 aliphatic carbocycles. The third kappa shape index (κ3) is 4.86. The van der Waals surface area contributed by atoms with E-state index in [4.69, 9.17) is 24.3 Å². The molecule has 1 heterocycles. The van der Waals surface area contributed by atoms with Crippen molar-refractivity contribution < 1.29 is 27.9 Å². The Labute approximate surface area is 192 Å². The van der Waals surface area contributed by atoms with Gasteiger partial charge in [-0.2, -0.15) is 5.26 Å². The monoisotopic (exact) mass is 468 g/mol. The maximum Gasteiger partial charge on any atom is 0.362 e. The molecule has 0 bridgehead atoms. The first kappa shape index (κ1) is 24.3. The molecule has 0 amide bonds. The molecule has 0 radical (unpaired) electrons. The van der Waals surface area contributed by atoms with Crippen LogP contribution in [-0.4, -0.2) is 26.3 Å². The number of allylic oxidation sites excluding steroid dienone is 2. The first-order chi connectivity index (χ1) is 15.9. The molecule has 0 saturated carbocycles. The molecule has 3 rings (SSSR count). The Hall–Kier alpha value is -3.37. The van der Waals surface area contributed by atoms with Crippen molar-refractivity contribution in [3.63, 3.8) is 0 Å². The van der Waals surface area contributed by atoms with Crippen molar-refractivity contribution in [2.24, 2.45) is 5.73 Å². The van der Waals surface area contributed by atoms with Crippen molar-refractivity contribution in [2.75, 3.05) is 20.3 Å². The number of esters is 1. The van der Waals surface area contributed by atoms with Gasteiger partial charge >= 0.3 is 13.6 Å². The standard InChI is InChI=1S/C24H25N2O6P/c1-4-30-33(28,31-5-2)22-20(16-11-13-18(14-12-16)24(27)29-3)19(15-25)23(26)32-21(22)17-9-7-6-8-10-17/h6-14,20H,4-5,26H2,1-3H3. The van der Waals surface area contributed by atoms with Crippen molar-refractivity contribution >= 4 is 19.3 Å². The van der Waals surface area contributed by atoms with Crippen LogP contribution in [0.15, 0.2) is 71.4 Å². The summed E-state index contributed by atoms with van der Waals surface area (Å²) in [6, 6.07) is 17.5. The van der Waals surface area contributed by atoms with Gasteiger partial charge in [-0.25, -0.2) is 4.79 Å². The van der Waals surface area contributed by atoms with Crippen molar-refractivity contribution in [2.45, 2.75) is 19.8 Å². The molecule has 1 aliphatic heterocycles. The fourth-order valence-electron chi connectivity index (χ4n) is 3.60. The highest BCUT2D eigenvalue weighted by Crippen LogP contribution is 2.65. The third-order valence-electron chi connectivity index (χ3n) is 4.99. The minimum absolute atomic E-state index is 0.0649. The van der Waals surface area contributed by atoms with Gasteiger partial charge in [0.15, 0.2) is 0 Å². The Morgan fingerprint density at radius 1 is 1.09 bits per heavy atom. The molecule has 1 atom stereocenters. The molecule has 1 aliphatic rings. The Bertz CT molecular complexity index is 1160. The van der Waals surface area contributed by atoms with E-state index in [0.29, 0.717) is 16.7 Å². The van der Waals surface area contributed by atoms with E-state index >= 15 is 0 Å². The highest BCUT2D eigenvalue weighted by Gasteiger charge is 2.45. The van der Waals surface area contributed by atoms with Crippen molar-refractivity contribution in [1.29, 1.82) is 5.26 Å². The number of nitrogens with two attached hydrogens (primary N) is 1. The van der Waals surface area contributed by atoms with Crippen LogP contribution in [0.4, 0.5) is 0 Å². The number of nitriles is 1. The van der Waals surface area contributed by atoms with E-state index in [9.17, 15) is 14.6 Å². The van der Waals surface area contributed by atoms with Gasteiger partial charge in [0.05, 0.1) is 37.1 Å². The predicted octanol–water partition coefficient (Wildman–Crippen LogP) is 4.92. The van der Waals surface area contributed by atoms with E-state index in [0.717, 1.165) is 0 Å². The van der Waals surface area contributed by atoms with Crippen LogP contribution in [0.2, 0.25) is 0 Å². The molecule has 33 heavy (non-hydrogen) atoms. The number of benzene rings is 2. The SMILES string of the molecule is CCOP(=O)(OCC)C1=C(c2ccccc2)OC(N)=C(C#N)C1c1ccc(C(=O)OC)cc1. The second-order valence-corrected chi connectivity index (χ2v) is 8.94.